The summed E-state index contributed by atoms with van der Waals surface area (Å²) >= 11 is 0. The Kier molecular flexibility index (Phi) is 4.94. The third kappa shape index (κ3) is 3.96. The van der Waals surface area contributed by atoms with E-state index < -0.39 is 23.2 Å². The Hall–Kier alpha value is -1.56. The number of hydrogen-bond acceptors (Lipinski definition) is 2. The molecule has 6 heteroatoms. The summed E-state index contributed by atoms with van der Waals surface area (Å²) < 4.78 is 38.0. The van der Waals surface area contributed by atoms with Crippen LogP contribution < -0.4 is 0 Å². The summed E-state index contributed by atoms with van der Waals surface area (Å²) in [4.78, 5) is 15.5. The first kappa shape index (κ1) is 15.5. The molecule has 1 aliphatic rings. The minimum atomic E-state index is -4.61. The normalized spacial score (nSPS) is 18.3. The fourth-order valence-electron chi connectivity index (χ4n) is 1.75. The number of likely N-dealkylation sites (N-methyl/N-ethyl adjacent to an activating group) is 1. The molecule has 1 aliphatic heterocycles. The summed E-state index contributed by atoms with van der Waals surface area (Å²) in [6.07, 6.45) is -2.38. The number of carbonyl (C=O) groups is 1. The number of halogens is 3. The highest BCUT2D eigenvalue weighted by Gasteiger charge is 2.37. The van der Waals surface area contributed by atoms with Gasteiger partial charge in [-0.2, -0.15) is 13.2 Å². The van der Waals surface area contributed by atoms with E-state index in [9.17, 15) is 18.0 Å². The molecule has 0 radical (unpaired) electrons. The molecule has 0 aliphatic carbocycles. The summed E-state index contributed by atoms with van der Waals surface area (Å²) in [6, 6.07) is 0. The van der Waals surface area contributed by atoms with Crippen LogP contribution in [0.4, 0.5) is 13.2 Å². The zero-order valence-electron chi connectivity index (χ0n) is 10.8. The van der Waals surface area contributed by atoms with E-state index in [-0.39, 0.29) is 0 Å². The van der Waals surface area contributed by atoms with Gasteiger partial charge in [0, 0.05) is 26.2 Å². The maximum Gasteiger partial charge on any atom is 0.416 e. The lowest BCUT2D eigenvalue weighted by Crippen LogP contribution is -2.48. The second kappa shape index (κ2) is 6.06. The van der Waals surface area contributed by atoms with Crippen LogP contribution in [0.1, 0.15) is 0 Å². The van der Waals surface area contributed by atoms with Gasteiger partial charge in [-0.15, -0.1) is 0 Å². The van der Waals surface area contributed by atoms with Gasteiger partial charge < -0.3 is 9.80 Å². The predicted molar refractivity (Wildman–Crippen MR) is 67.6 cm³/mol. The Morgan fingerprint density at radius 2 is 1.74 bits per heavy atom. The summed E-state index contributed by atoms with van der Waals surface area (Å²) in [5.74, 6) is -0.643. The molecular weight excluding hydrogens is 257 g/mol. The Balaban J connectivity index is 2.89. The number of piperazine rings is 1. The maximum atomic E-state index is 12.7. The van der Waals surface area contributed by atoms with Crippen molar-refractivity contribution < 1.29 is 18.0 Å². The van der Waals surface area contributed by atoms with Crippen LogP contribution in [0.25, 0.3) is 0 Å². The molecule has 0 N–H and O–H groups in total. The standard InChI is InChI=1S/C13H17F3N2O/c1-4-5-11(10(2)13(14,15)16)12(19)18-8-6-17(3)7-9-18/h4-5H,1-2,6-9H2,3H3/b11-5+. The van der Waals surface area contributed by atoms with Crippen LogP contribution in [0.15, 0.2) is 36.5 Å². The van der Waals surface area contributed by atoms with Crippen molar-refractivity contribution in [3.05, 3.63) is 36.5 Å². The summed E-state index contributed by atoms with van der Waals surface area (Å²) in [6.45, 7) is 8.43. The molecule has 0 aromatic carbocycles. The van der Waals surface area contributed by atoms with Crippen molar-refractivity contribution in [3.8, 4) is 0 Å². The minimum absolute atomic E-state index is 0.412. The van der Waals surface area contributed by atoms with Gasteiger partial charge in [0.25, 0.3) is 5.91 Å². The Morgan fingerprint density at radius 3 is 2.16 bits per heavy atom. The fraction of sp³-hybridized carbons (Fsp3) is 0.462. The molecule has 106 valence electrons. The minimum Gasteiger partial charge on any atom is -0.336 e. The number of carbonyl (C=O) groups excluding carboxylic acids is 1. The van der Waals surface area contributed by atoms with Gasteiger partial charge >= 0.3 is 6.18 Å². The second-order valence-electron chi connectivity index (χ2n) is 4.39. The predicted octanol–water partition coefficient (Wildman–Crippen LogP) is 1.99. The molecular formula is C13H17F3N2O. The van der Waals surface area contributed by atoms with E-state index in [2.05, 4.69) is 13.2 Å². The lowest BCUT2D eigenvalue weighted by Gasteiger charge is -2.33. The number of rotatable bonds is 3. The summed E-state index contributed by atoms with van der Waals surface area (Å²) in [5, 5.41) is 0. The van der Waals surface area contributed by atoms with Crippen LogP contribution in [-0.4, -0.2) is 55.1 Å². The van der Waals surface area contributed by atoms with E-state index in [1.807, 2.05) is 11.9 Å². The Bertz CT molecular complexity index is 405. The number of nitrogens with zero attached hydrogens (tertiary/aromatic N) is 2. The lowest BCUT2D eigenvalue weighted by atomic mass is 10.0. The van der Waals surface area contributed by atoms with Crippen molar-refractivity contribution in [1.29, 1.82) is 0 Å². The maximum absolute atomic E-state index is 12.7. The van der Waals surface area contributed by atoms with Gasteiger partial charge in [0.15, 0.2) is 0 Å². The van der Waals surface area contributed by atoms with Crippen molar-refractivity contribution in [2.45, 2.75) is 6.18 Å². The quantitative estimate of drug-likeness (QED) is 0.580. The van der Waals surface area contributed by atoms with Gasteiger partial charge in [-0.25, -0.2) is 0 Å². The van der Waals surface area contributed by atoms with E-state index in [1.54, 1.807) is 0 Å². The number of alkyl halides is 3. The van der Waals surface area contributed by atoms with Gasteiger partial charge in [0.05, 0.1) is 11.1 Å². The molecule has 0 saturated carbocycles. The van der Waals surface area contributed by atoms with Gasteiger partial charge in [0.1, 0.15) is 0 Å². The number of amides is 1. The van der Waals surface area contributed by atoms with Crippen LogP contribution >= 0.6 is 0 Å². The smallest absolute Gasteiger partial charge is 0.336 e. The van der Waals surface area contributed by atoms with Gasteiger partial charge in [-0.05, 0) is 13.1 Å². The molecule has 3 nitrogen and oxygen atoms in total. The first-order valence-corrected chi connectivity index (χ1v) is 5.84. The number of allylic oxidation sites excluding steroid dienone is 2. The molecule has 1 heterocycles. The van der Waals surface area contributed by atoms with E-state index in [0.717, 1.165) is 6.08 Å². The van der Waals surface area contributed by atoms with Crippen LogP contribution in [0.2, 0.25) is 0 Å². The zero-order chi connectivity index (χ0) is 14.6. The van der Waals surface area contributed by atoms with Gasteiger partial charge in [-0.1, -0.05) is 19.2 Å². The highest BCUT2D eigenvalue weighted by atomic mass is 19.4. The Morgan fingerprint density at radius 1 is 1.21 bits per heavy atom. The molecule has 0 atom stereocenters. The molecule has 19 heavy (non-hydrogen) atoms. The molecule has 0 spiro atoms. The van der Waals surface area contributed by atoms with E-state index >= 15 is 0 Å². The highest BCUT2D eigenvalue weighted by molar-refractivity contribution is 5.98. The molecule has 1 rings (SSSR count). The molecule has 0 bridgehead atoms. The molecule has 0 unspecified atom stereocenters. The van der Waals surface area contributed by atoms with Gasteiger partial charge in [0.2, 0.25) is 0 Å². The van der Waals surface area contributed by atoms with E-state index in [4.69, 9.17) is 0 Å². The average Bonchev–Trinajstić information content (AvgIpc) is 2.34. The van der Waals surface area contributed by atoms with Crippen molar-refractivity contribution in [1.82, 2.24) is 9.80 Å². The Labute approximate surface area is 110 Å². The number of hydrogen-bond donors (Lipinski definition) is 0. The highest BCUT2D eigenvalue weighted by Crippen LogP contribution is 2.30. The molecule has 1 amide bonds. The third-order valence-electron chi connectivity index (χ3n) is 2.97. The zero-order valence-corrected chi connectivity index (χ0v) is 10.8. The first-order chi connectivity index (χ1) is 8.77. The fourth-order valence-corrected chi connectivity index (χ4v) is 1.75. The summed E-state index contributed by atoms with van der Waals surface area (Å²) in [7, 11) is 1.90. The summed E-state index contributed by atoms with van der Waals surface area (Å²) in [5.41, 5.74) is -1.57. The van der Waals surface area contributed by atoms with Crippen molar-refractivity contribution in [2.75, 3.05) is 33.2 Å². The third-order valence-corrected chi connectivity index (χ3v) is 2.97. The van der Waals surface area contributed by atoms with Gasteiger partial charge in [-0.3, -0.25) is 4.79 Å². The van der Waals surface area contributed by atoms with Crippen molar-refractivity contribution >= 4 is 5.91 Å². The van der Waals surface area contributed by atoms with E-state index in [0.29, 0.717) is 26.2 Å². The first-order valence-electron chi connectivity index (χ1n) is 5.84. The molecule has 0 aromatic heterocycles. The molecule has 1 fully saturated rings. The molecule has 0 aromatic rings. The molecule has 1 saturated heterocycles. The second-order valence-corrected chi connectivity index (χ2v) is 4.39. The topological polar surface area (TPSA) is 23.6 Å². The van der Waals surface area contributed by atoms with Crippen LogP contribution in [-0.2, 0) is 4.79 Å². The van der Waals surface area contributed by atoms with Crippen molar-refractivity contribution in [3.63, 3.8) is 0 Å². The van der Waals surface area contributed by atoms with Crippen LogP contribution in [0.5, 0.6) is 0 Å². The monoisotopic (exact) mass is 274 g/mol. The van der Waals surface area contributed by atoms with E-state index in [1.165, 1.54) is 11.0 Å². The van der Waals surface area contributed by atoms with Crippen LogP contribution in [0, 0.1) is 0 Å². The average molecular weight is 274 g/mol. The SMILES string of the molecule is C=C/C=C(\C(=C)C(F)(F)F)C(=O)N1CCN(C)CC1. The van der Waals surface area contributed by atoms with Crippen molar-refractivity contribution in [2.24, 2.45) is 0 Å². The largest absolute Gasteiger partial charge is 0.416 e. The van der Waals surface area contributed by atoms with Crippen LogP contribution in [0.3, 0.4) is 0 Å². The lowest BCUT2D eigenvalue weighted by molar-refractivity contribution is -0.130.